The standard InChI is InChI=1S/C14H19N3O4S2/c1-9-14(10(2)21-16-9)12-3-4-13(22-12)23(18,19)17-5-6-20-11(7-15)8-17/h3-4,11H,5-8,15H2,1-2H3/t11-/m0/s1. The molecule has 0 spiro atoms. The minimum Gasteiger partial charge on any atom is -0.374 e. The molecule has 1 atom stereocenters. The second-order valence-electron chi connectivity index (χ2n) is 5.41. The molecule has 1 aliphatic rings. The van der Waals surface area contributed by atoms with E-state index in [-0.39, 0.29) is 12.6 Å². The van der Waals surface area contributed by atoms with Crippen molar-refractivity contribution in [3.8, 4) is 10.4 Å². The zero-order chi connectivity index (χ0) is 16.6. The largest absolute Gasteiger partial charge is 0.374 e. The lowest BCUT2D eigenvalue weighted by Crippen LogP contribution is -2.47. The van der Waals surface area contributed by atoms with E-state index in [4.69, 9.17) is 15.0 Å². The summed E-state index contributed by atoms with van der Waals surface area (Å²) < 4.78 is 37.9. The van der Waals surface area contributed by atoms with E-state index in [1.807, 2.05) is 13.8 Å². The summed E-state index contributed by atoms with van der Waals surface area (Å²) in [7, 11) is -3.54. The van der Waals surface area contributed by atoms with E-state index in [0.717, 1.165) is 16.1 Å². The summed E-state index contributed by atoms with van der Waals surface area (Å²) in [4.78, 5) is 0.837. The molecule has 126 valence electrons. The Morgan fingerprint density at radius 1 is 1.43 bits per heavy atom. The van der Waals surface area contributed by atoms with Crippen LogP contribution in [-0.4, -0.2) is 50.2 Å². The zero-order valence-corrected chi connectivity index (χ0v) is 14.6. The van der Waals surface area contributed by atoms with Crippen LogP contribution in [0.25, 0.3) is 10.4 Å². The summed E-state index contributed by atoms with van der Waals surface area (Å²) >= 11 is 1.23. The van der Waals surface area contributed by atoms with Gasteiger partial charge in [0.25, 0.3) is 10.0 Å². The highest BCUT2D eigenvalue weighted by Gasteiger charge is 2.31. The lowest BCUT2D eigenvalue weighted by Gasteiger charge is -2.31. The molecule has 0 radical (unpaired) electrons. The van der Waals surface area contributed by atoms with Crippen molar-refractivity contribution in [2.24, 2.45) is 5.73 Å². The lowest BCUT2D eigenvalue weighted by molar-refractivity contribution is 0.00456. The van der Waals surface area contributed by atoms with E-state index < -0.39 is 10.0 Å². The Morgan fingerprint density at radius 2 is 2.22 bits per heavy atom. The van der Waals surface area contributed by atoms with Gasteiger partial charge < -0.3 is 15.0 Å². The number of nitrogens with two attached hydrogens (primary N) is 1. The molecule has 0 aliphatic carbocycles. The third-order valence-electron chi connectivity index (χ3n) is 3.82. The predicted octanol–water partition coefficient (Wildman–Crippen LogP) is 1.37. The first-order valence-corrected chi connectivity index (χ1v) is 9.54. The van der Waals surface area contributed by atoms with E-state index in [0.29, 0.717) is 29.7 Å². The maximum Gasteiger partial charge on any atom is 0.252 e. The van der Waals surface area contributed by atoms with Gasteiger partial charge in [-0.1, -0.05) is 5.16 Å². The Morgan fingerprint density at radius 3 is 2.87 bits per heavy atom. The van der Waals surface area contributed by atoms with E-state index in [1.54, 1.807) is 12.1 Å². The number of sulfonamides is 1. The SMILES string of the molecule is Cc1noc(C)c1-c1ccc(S(=O)(=O)N2CCO[C@@H](CN)C2)s1. The first-order chi connectivity index (χ1) is 10.9. The normalized spacial score (nSPS) is 20.0. The lowest BCUT2D eigenvalue weighted by atomic mass is 10.2. The maximum atomic E-state index is 12.8. The van der Waals surface area contributed by atoms with Crippen molar-refractivity contribution < 1.29 is 17.7 Å². The van der Waals surface area contributed by atoms with Gasteiger partial charge in [-0.15, -0.1) is 11.3 Å². The molecule has 0 aromatic carbocycles. The van der Waals surface area contributed by atoms with E-state index in [2.05, 4.69) is 5.16 Å². The van der Waals surface area contributed by atoms with Gasteiger partial charge in [0.1, 0.15) is 9.97 Å². The average molecular weight is 357 g/mol. The monoisotopic (exact) mass is 357 g/mol. The number of rotatable bonds is 4. The number of hydrogen-bond acceptors (Lipinski definition) is 7. The summed E-state index contributed by atoms with van der Waals surface area (Å²) in [5.41, 5.74) is 7.20. The fraction of sp³-hybridized carbons (Fsp3) is 0.500. The molecule has 2 N–H and O–H groups in total. The number of aryl methyl sites for hydroxylation is 2. The zero-order valence-electron chi connectivity index (χ0n) is 13.0. The van der Waals surface area contributed by atoms with Crippen molar-refractivity contribution in [2.75, 3.05) is 26.2 Å². The van der Waals surface area contributed by atoms with Crippen LogP contribution in [0.1, 0.15) is 11.5 Å². The molecule has 3 heterocycles. The fourth-order valence-corrected chi connectivity index (χ4v) is 5.67. The highest BCUT2D eigenvalue weighted by Crippen LogP contribution is 2.36. The average Bonchev–Trinajstić information content (AvgIpc) is 3.14. The highest BCUT2D eigenvalue weighted by molar-refractivity contribution is 7.91. The van der Waals surface area contributed by atoms with E-state index in [9.17, 15) is 8.42 Å². The van der Waals surface area contributed by atoms with Crippen LogP contribution in [0.5, 0.6) is 0 Å². The molecule has 2 aromatic heterocycles. The molecule has 0 amide bonds. The molecule has 1 fully saturated rings. The van der Waals surface area contributed by atoms with Gasteiger partial charge in [0, 0.05) is 24.5 Å². The predicted molar refractivity (Wildman–Crippen MR) is 86.8 cm³/mol. The molecule has 23 heavy (non-hydrogen) atoms. The first kappa shape index (κ1) is 16.6. The van der Waals surface area contributed by atoms with Crippen LogP contribution in [0, 0.1) is 13.8 Å². The second kappa shape index (κ2) is 6.33. The summed E-state index contributed by atoms with van der Waals surface area (Å²) in [5.74, 6) is 0.683. The highest BCUT2D eigenvalue weighted by atomic mass is 32.2. The van der Waals surface area contributed by atoms with Crippen molar-refractivity contribution in [2.45, 2.75) is 24.2 Å². The molecule has 0 bridgehead atoms. The van der Waals surface area contributed by atoms with Crippen molar-refractivity contribution in [1.82, 2.24) is 9.46 Å². The van der Waals surface area contributed by atoms with Gasteiger partial charge in [0.15, 0.2) is 0 Å². The summed E-state index contributed by atoms with van der Waals surface area (Å²) in [6.07, 6.45) is -0.250. The summed E-state index contributed by atoms with van der Waals surface area (Å²) in [6.45, 7) is 4.96. The van der Waals surface area contributed by atoms with Crippen molar-refractivity contribution in [3.63, 3.8) is 0 Å². The molecular weight excluding hydrogens is 338 g/mol. The second-order valence-corrected chi connectivity index (χ2v) is 8.66. The van der Waals surface area contributed by atoms with Gasteiger partial charge in [-0.3, -0.25) is 0 Å². The molecule has 0 unspecified atom stereocenters. The Hall–Kier alpha value is -1.26. The number of nitrogens with zero attached hydrogens (tertiary/aromatic N) is 2. The molecule has 1 aliphatic heterocycles. The van der Waals surface area contributed by atoms with Gasteiger partial charge in [-0.25, -0.2) is 8.42 Å². The van der Waals surface area contributed by atoms with Gasteiger partial charge in [-0.05, 0) is 26.0 Å². The topological polar surface area (TPSA) is 98.7 Å². The van der Waals surface area contributed by atoms with Crippen LogP contribution < -0.4 is 5.73 Å². The Labute approximate surface area is 139 Å². The molecular formula is C14H19N3O4S2. The molecule has 1 saturated heterocycles. The van der Waals surface area contributed by atoms with Gasteiger partial charge in [0.2, 0.25) is 0 Å². The van der Waals surface area contributed by atoms with Crippen molar-refractivity contribution in [1.29, 1.82) is 0 Å². The van der Waals surface area contributed by atoms with Gasteiger partial charge in [0.05, 0.1) is 24.0 Å². The third kappa shape index (κ3) is 3.07. The number of ether oxygens (including phenoxy) is 1. The molecule has 0 saturated carbocycles. The molecule has 7 nitrogen and oxygen atoms in total. The summed E-state index contributed by atoms with van der Waals surface area (Å²) in [5, 5.41) is 3.92. The fourth-order valence-electron chi connectivity index (χ4n) is 2.61. The Balaban J connectivity index is 1.90. The van der Waals surface area contributed by atoms with Crippen LogP contribution in [-0.2, 0) is 14.8 Å². The van der Waals surface area contributed by atoms with Gasteiger partial charge >= 0.3 is 0 Å². The minimum absolute atomic E-state index is 0.250. The van der Waals surface area contributed by atoms with Crippen LogP contribution >= 0.6 is 11.3 Å². The van der Waals surface area contributed by atoms with Crippen LogP contribution in [0.2, 0.25) is 0 Å². The summed E-state index contributed by atoms with van der Waals surface area (Å²) in [6, 6.07) is 3.43. The van der Waals surface area contributed by atoms with Crippen molar-refractivity contribution >= 4 is 21.4 Å². The van der Waals surface area contributed by atoms with E-state index >= 15 is 0 Å². The van der Waals surface area contributed by atoms with Crippen LogP contribution in [0.4, 0.5) is 0 Å². The molecule has 9 heteroatoms. The Kier molecular flexibility index (Phi) is 4.56. The number of thiophene rings is 1. The van der Waals surface area contributed by atoms with E-state index in [1.165, 1.54) is 15.6 Å². The number of hydrogen-bond donors (Lipinski definition) is 1. The van der Waals surface area contributed by atoms with Crippen molar-refractivity contribution in [3.05, 3.63) is 23.6 Å². The van der Waals surface area contributed by atoms with Gasteiger partial charge in [-0.2, -0.15) is 4.31 Å². The number of aromatic nitrogens is 1. The van der Waals surface area contributed by atoms with Crippen LogP contribution in [0.3, 0.4) is 0 Å². The number of morpholine rings is 1. The van der Waals surface area contributed by atoms with Crippen LogP contribution in [0.15, 0.2) is 20.9 Å². The first-order valence-electron chi connectivity index (χ1n) is 7.28. The quantitative estimate of drug-likeness (QED) is 0.887. The Bertz CT molecular complexity index is 777. The smallest absolute Gasteiger partial charge is 0.252 e. The minimum atomic E-state index is -3.54. The molecule has 2 aromatic rings. The molecule has 3 rings (SSSR count). The maximum absolute atomic E-state index is 12.8. The third-order valence-corrected chi connectivity index (χ3v) is 7.25.